The van der Waals surface area contributed by atoms with Crippen LogP contribution in [0.3, 0.4) is 0 Å². The Morgan fingerprint density at radius 2 is 1.50 bits per heavy atom. The molecule has 11 heteroatoms. The van der Waals surface area contributed by atoms with E-state index in [-0.39, 0.29) is 15.4 Å². The Morgan fingerprint density at radius 1 is 0.875 bits per heavy atom. The van der Waals surface area contributed by atoms with Gasteiger partial charge in [-0.25, -0.2) is 22.0 Å². The second kappa shape index (κ2) is 9.39. The van der Waals surface area contributed by atoms with Crippen LogP contribution in [0, 0.1) is 0 Å². The van der Waals surface area contributed by atoms with Crippen LogP contribution in [0.1, 0.15) is 17.3 Å². The Labute approximate surface area is 186 Å². The van der Waals surface area contributed by atoms with E-state index in [9.17, 15) is 21.6 Å². The highest BCUT2D eigenvalue weighted by molar-refractivity contribution is 7.92. The molecule has 0 aliphatic heterocycles. The molecule has 0 saturated heterocycles. The van der Waals surface area contributed by atoms with Crippen molar-refractivity contribution in [1.29, 1.82) is 0 Å². The minimum atomic E-state index is -3.94. The number of anilines is 2. The number of hydrogen-bond acceptors (Lipinski definition) is 6. The fourth-order valence-corrected chi connectivity index (χ4v) is 4.36. The van der Waals surface area contributed by atoms with Gasteiger partial charge in [0.25, 0.3) is 15.9 Å². The molecule has 3 aromatic carbocycles. The Morgan fingerprint density at radius 3 is 2.09 bits per heavy atom. The summed E-state index contributed by atoms with van der Waals surface area (Å²) >= 11 is 0. The van der Waals surface area contributed by atoms with Crippen molar-refractivity contribution in [2.75, 3.05) is 16.6 Å². The van der Waals surface area contributed by atoms with Crippen LogP contribution < -0.4 is 19.9 Å². The highest BCUT2D eigenvalue weighted by Gasteiger charge is 2.17. The molecule has 0 heterocycles. The summed E-state index contributed by atoms with van der Waals surface area (Å²) in [5.74, 6) is 0.0534. The van der Waals surface area contributed by atoms with E-state index in [1.807, 2.05) is 6.92 Å². The molecule has 0 spiro atoms. The first-order chi connectivity index (χ1) is 15.1. The zero-order valence-electron chi connectivity index (χ0n) is 17.0. The number of sulfonamides is 2. The van der Waals surface area contributed by atoms with Crippen LogP contribution in [0.15, 0.2) is 82.6 Å². The highest BCUT2D eigenvalue weighted by Crippen LogP contribution is 2.21. The standard InChI is InChI=1S/C21H21N3O6S2/c1-2-30-18-10-6-17(7-11-18)24-32(28,29)20-5-3-4-15(14-20)21(25)23-16-8-12-19(13-9-16)31(22,26)27/h3-14,24H,2H2,1H3,(H,23,25)(H2,22,26,27). The van der Waals surface area contributed by atoms with Gasteiger partial charge in [-0.1, -0.05) is 6.07 Å². The van der Waals surface area contributed by atoms with Crippen LogP contribution in [0.25, 0.3) is 0 Å². The molecule has 0 atom stereocenters. The molecule has 0 saturated carbocycles. The van der Waals surface area contributed by atoms with Gasteiger partial charge >= 0.3 is 0 Å². The Hall–Kier alpha value is -3.41. The number of ether oxygens (including phenoxy) is 1. The summed E-state index contributed by atoms with van der Waals surface area (Å²) in [6, 6.07) is 17.2. The van der Waals surface area contributed by atoms with E-state index >= 15 is 0 Å². The lowest BCUT2D eigenvalue weighted by molar-refractivity contribution is 0.102. The maximum Gasteiger partial charge on any atom is 0.261 e. The van der Waals surface area contributed by atoms with Crippen molar-refractivity contribution >= 4 is 37.3 Å². The number of nitrogens with one attached hydrogen (secondary N) is 2. The molecular formula is C21H21N3O6S2. The highest BCUT2D eigenvalue weighted by atomic mass is 32.2. The van der Waals surface area contributed by atoms with Gasteiger partial charge in [0.15, 0.2) is 0 Å². The van der Waals surface area contributed by atoms with E-state index in [4.69, 9.17) is 9.88 Å². The Bertz CT molecular complexity index is 1320. The van der Waals surface area contributed by atoms with Crippen LogP contribution in [-0.4, -0.2) is 29.3 Å². The summed E-state index contributed by atoms with van der Waals surface area (Å²) in [5.41, 5.74) is 0.775. The van der Waals surface area contributed by atoms with Crippen LogP contribution in [0.4, 0.5) is 11.4 Å². The lowest BCUT2D eigenvalue weighted by Gasteiger charge is -2.11. The summed E-state index contributed by atoms with van der Waals surface area (Å²) in [6.07, 6.45) is 0. The lowest BCUT2D eigenvalue weighted by Crippen LogP contribution is -2.16. The van der Waals surface area contributed by atoms with E-state index in [0.717, 1.165) is 0 Å². The lowest BCUT2D eigenvalue weighted by atomic mass is 10.2. The predicted molar refractivity (Wildman–Crippen MR) is 121 cm³/mol. The van der Waals surface area contributed by atoms with E-state index in [0.29, 0.717) is 23.7 Å². The molecule has 0 fully saturated rings. The van der Waals surface area contributed by atoms with Gasteiger partial charge in [-0.3, -0.25) is 9.52 Å². The van der Waals surface area contributed by atoms with Crippen LogP contribution in [-0.2, 0) is 20.0 Å². The molecule has 3 rings (SSSR count). The fourth-order valence-electron chi connectivity index (χ4n) is 2.74. The maximum atomic E-state index is 12.7. The van der Waals surface area contributed by atoms with E-state index in [1.54, 1.807) is 24.3 Å². The third-order valence-electron chi connectivity index (χ3n) is 4.26. The zero-order valence-corrected chi connectivity index (χ0v) is 18.6. The normalized spacial score (nSPS) is 11.6. The summed E-state index contributed by atoms with van der Waals surface area (Å²) in [6.45, 7) is 2.34. The first-order valence-corrected chi connectivity index (χ1v) is 12.4. The smallest absolute Gasteiger partial charge is 0.261 e. The molecule has 0 aliphatic carbocycles. The topological polar surface area (TPSA) is 145 Å². The van der Waals surface area contributed by atoms with Gasteiger partial charge in [-0.2, -0.15) is 0 Å². The van der Waals surface area contributed by atoms with Crippen molar-refractivity contribution in [3.8, 4) is 5.75 Å². The minimum absolute atomic E-state index is 0.0936. The number of rotatable bonds is 8. The number of carbonyl (C=O) groups excluding carboxylic acids is 1. The van der Waals surface area contributed by atoms with Gasteiger partial charge < -0.3 is 10.1 Å². The molecule has 3 aromatic rings. The van der Waals surface area contributed by atoms with Gasteiger partial charge in [0.1, 0.15) is 5.75 Å². The molecular weight excluding hydrogens is 454 g/mol. The summed E-state index contributed by atoms with van der Waals surface area (Å²) in [5, 5.41) is 7.63. The number of carbonyl (C=O) groups is 1. The van der Waals surface area contributed by atoms with Crippen molar-refractivity contribution < 1.29 is 26.4 Å². The van der Waals surface area contributed by atoms with E-state index in [2.05, 4.69) is 10.0 Å². The number of benzene rings is 3. The third kappa shape index (κ3) is 5.84. The fraction of sp³-hybridized carbons (Fsp3) is 0.0952. The molecule has 9 nitrogen and oxygen atoms in total. The van der Waals surface area contributed by atoms with Crippen molar-refractivity contribution in [2.45, 2.75) is 16.7 Å². The summed E-state index contributed by atoms with van der Waals surface area (Å²) < 4.78 is 55.9. The molecule has 0 unspecified atom stereocenters. The van der Waals surface area contributed by atoms with Gasteiger partial charge in [-0.05, 0) is 73.7 Å². The number of hydrogen-bond donors (Lipinski definition) is 3. The number of nitrogens with two attached hydrogens (primary N) is 1. The predicted octanol–water partition coefficient (Wildman–Crippen LogP) is 2.79. The van der Waals surface area contributed by atoms with E-state index in [1.165, 1.54) is 48.5 Å². The van der Waals surface area contributed by atoms with Crippen LogP contribution in [0.5, 0.6) is 5.75 Å². The summed E-state index contributed by atoms with van der Waals surface area (Å²) in [7, 11) is -7.79. The molecule has 4 N–H and O–H groups in total. The second-order valence-corrected chi connectivity index (χ2v) is 9.86. The second-order valence-electron chi connectivity index (χ2n) is 6.61. The Balaban J connectivity index is 1.75. The van der Waals surface area contributed by atoms with E-state index < -0.39 is 26.0 Å². The molecule has 0 bridgehead atoms. The molecule has 0 radical (unpaired) electrons. The Kier molecular flexibility index (Phi) is 6.82. The SMILES string of the molecule is CCOc1ccc(NS(=O)(=O)c2cccc(C(=O)Nc3ccc(S(N)(=O)=O)cc3)c2)cc1. The first-order valence-electron chi connectivity index (χ1n) is 9.38. The average molecular weight is 476 g/mol. The van der Waals surface area contributed by atoms with Crippen molar-refractivity contribution in [3.05, 3.63) is 78.4 Å². The monoisotopic (exact) mass is 475 g/mol. The van der Waals surface area contributed by atoms with Gasteiger partial charge in [0.05, 0.1) is 16.4 Å². The van der Waals surface area contributed by atoms with Crippen LogP contribution in [0.2, 0.25) is 0 Å². The molecule has 1 amide bonds. The summed E-state index contributed by atoms with van der Waals surface area (Å²) in [4.78, 5) is 12.4. The number of amides is 1. The molecule has 168 valence electrons. The average Bonchev–Trinajstić information content (AvgIpc) is 2.75. The minimum Gasteiger partial charge on any atom is -0.494 e. The first kappa shape index (κ1) is 23.3. The van der Waals surface area contributed by atoms with Crippen molar-refractivity contribution in [2.24, 2.45) is 5.14 Å². The van der Waals surface area contributed by atoms with Gasteiger partial charge in [0.2, 0.25) is 10.0 Å². The maximum absolute atomic E-state index is 12.7. The molecule has 0 aromatic heterocycles. The van der Waals surface area contributed by atoms with Crippen molar-refractivity contribution in [3.63, 3.8) is 0 Å². The zero-order chi connectivity index (χ0) is 23.4. The van der Waals surface area contributed by atoms with Gasteiger partial charge in [0, 0.05) is 16.9 Å². The van der Waals surface area contributed by atoms with Crippen LogP contribution >= 0.6 is 0 Å². The van der Waals surface area contributed by atoms with Crippen molar-refractivity contribution in [1.82, 2.24) is 0 Å². The largest absolute Gasteiger partial charge is 0.494 e. The third-order valence-corrected chi connectivity index (χ3v) is 6.57. The van der Waals surface area contributed by atoms with Gasteiger partial charge in [-0.15, -0.1) is 0 Å². The molecule has 32 heavy (non-hydrogen) atoms. The quantitative estimate of drug-likeness (QED) is 0.457. The molecule has 0 aliphatic rings. The number of primary sulfonamides is 1.